The summed E-state index contributed by atoms with van der Waals surface area (Å²) in [5.41, 5.74) is -5.45. The topological polar surface area (TPSA) is 94.3 Å². The number of halogens is 7. The standard InChI is InChI=1S/C27H19F7N6O2S/c1-38-13-18(21(37-38)27(32,33)34)22(41)36-12-15-4-6-17(10-20(15)28)40-24(43)39(23(42)25(40)7-2-8-25)16-5-3-14(11-35)19(9-16)26(29,30)31/h3-6,9-10,13H,2,7-8,12H2,1H3,(H,36,41). The van der Waals surface area contributed by atoms with Crippen molar-refractivity contribution in [2.45, 2.75) is 43.7 Å². The zero-order chi connectivity index (χ0) is 31.5. The number of hydrogen-bond donors (Lipinski definition) is 1. The van der Waals surface area contributed by atoms with Gasteiger partial charge in [-0.3, -0.25) is 19.2 Å². The van der Waals surface area contributed by atoms with E-state index in [0.717, 1.165) is 27.9 Å². The lowest BCUT2D eigenvalue weighted by atomic mass is 9.75. The second-order valence-corrected chi connectivity index (χ2v) is 10.4. The second kappa shape index (κ2) is 10.3. The first-order valence-corrected chi connectivity index (χ1v) is 13.0. The van der Waals surface area contributed by atoms with E-state index in [2.05, 4.69) is 10.4 Å². The van der Waals surface area contributed by atoms with Gasteiger partial charge in [0.2, 0.25) is 0 Å². The highest BCUT2D eigenvalue weighted by atomic mass is 32.1. The summed E-state index contributed by atoms with van der Waals surface area (Å²) in [5.74, 6) is -2.60. The van der Waals surface area contributed by atoms with Crippen molar-refractivity contribution in [2.24, 2.45) is 7.05 Å². The molecule has 2 aliphatic rings. The molecule has 0 radical (unpaired) electrons. The molecular weight excluding hydrogens is 605 g/mol. The van der Waals surface area contributed by atoms with E-state index in [1.165, 1.54) is 36.2 Å². The van der Waals surface area contributed by atoms with Gasteiger partial charge in [0.25, 0.3) is 11.8 Å². The molecule has 43 heavy (non-hydrogen) atoms. The molecule has 2 amide bonds. The number of thiocarbonyl (C=S) groups is 1. The summed E-state index contributed by atoms with van der Waals surface area (Å²) in [6.45, 7) is -0.483. The summed E-state index contributed by atoms with van der Waals surface area (Å²) in [7, 11) is 1.21. The van der Waals surface area contributed by atoms with Gasteiger partial charge in [0.1, 0.15) is 11.4 Å². The zero-order valence-corrected chi connectivity index (χ0v) is 22.8. The lowest BCUT2D eigenvalue weighted by Gasteiger charge is -2.43. The van der Waals surface area contributed by atoms with E-state index in [9.17, 15) is 35.9 Å². The van der Waals surface area contributed by atoms with Crippen LogP contribution in [0.4, 0.5) is 42.1 Å². The van der Waals surface area contributed by atoms with Crippen LogP contribution in [0.15, 0.2) is 42.6 Å². The highest BCUT2D eigenvalue weighted by Gasteiger charge is 2.59. The lowest BCUT2D eigenvalue weighted by molar-refractivity contribution is -0.141. The van der Waals surface area contributed by atoms with Crippen molar-refractivity contribution in [3.05, 3.63) is 76.4 Å². The molecule has 16 heteroatoms. The Morgan fingerprint density at radius 2 is 1.77 bits per heavy atom. The van der Waals surface area contributed by atoms with Crippen LogP contribution in [0.2, 0.25) is 0 Å². The van der Waals surface area contributed by atoms with Crippen LogP contribution in [0, 0.1) is 17.1 Å². The van der Waals surface area contributed by atoms with Gasteiger partial charge in [-0.15, -0.1) is 0 Å². The van der Waals surface area contributed by atoms with Gasteiger partial charge in [-0.2, -0.15) is 36.7 Å². The average Bonchev–Trinajstić information content (AvgIpc) is 3.41. The van der Waals surface area contributed by atoms with Crippen molar-refractivity contribution in [3.63, 3.8) is 0 Å². The Labute approximate surface area is 244 Å². The third kappa shape index (κ3) is 5.07. The van der Waals surface area contributed by atoms with Crippen molar-refractivity contribution in [2.75, 3.05) is 9.80 Å². The molecule has 1 aliphatic carbocycles. The van der Waals surface area contributed by atoms with Gasteiger partial charge in [0.05, 0.1) is 28.4 Å². The smallest absolute Gasteiger partial charge is 0.348 e. The quantitative estimate of drug-likeness (QED) is 0.300. The zero-order valence-electron chi connectivity index (χ0n) is 22.0. The van der Waals surface area contributed by atoms with Crippen molar-refractivity contribution in [3.8, 4) is 6.07 Å². The minimum Gasteiger partial charge on any atom is -0.348 e. The molecule has 0 bridgehead atoms. The van der Waals surface area contributed by atoms with E-state index < -0.39 is 64.5 Å². The van der Waals surface area contributed by atoms with E-state index >= 15 is 4.39 Å². The summed E-state index contributed by atoms with van der Waals surface area (Å²) in [4.78, 5) is 28.4. The number of nitrogens with one attached hydrogen (secondary N) is 1. The molecule has 1 N–H and O–H groups in total. The number of carbonyl (C=O) groups excluding carboxylic acids is 2. The highest BCUT2D eigenvalue weighted by Crippen LogP contribution is 2.48. The fourth-order valence-electron chi connectivity index (χ4n) is 5.16. The van der Waals surface area contributed by atoms with Gasteiger partial charge >= 0.3 is 12.4 Å². The minimum absolute atomic E-state index is 0.0904. The second-order valence-electron chi connectivity index (χ2n) is 10.0. The minimum atomic E-state index is -4.89. The number of benzene rings is 2. The predicted octanol–water partition coefficient (Wildman–Crippen LogP) is 5.46. The molecule has 0 atom stereocenters. The molecule has 3 aromatic rings. The number of nitrogens with zero attached hydrogens (tertiary/aromatic N) is 5. The Morgan fingerprint density at radius 1 is 1.09 bits per heavy atom. The number of rotatable bonds is 5. The van der Waals surface area contributed by atoms with E-state index in [-0.39, 0.29) is 34.9 Å². The SMILES string of the molecule is Cn1cc(C(=O)NCc2ccc(N3C(=S)N(c4ccc(C#N)c(C(F)(F)F)c4)C(=O)C34CCC4)cc2F)c(C(F)(F)F)n1. The van der Waals surface area contributed by atoms with E-state index in [1.807, 2.05) is 0 Å². The summed E-state index contributed by atoms with van der Waals surface area (Å²) in [6, 6.07) is 7.92. The van der Waals surface area contributed by atoms with Crippen LogP contribution in [0.25, 0.3) is 0 Å². The maximum atomic E-state index is 15.2. The number of alkyl halides is 6. The Morgan fingerprint density at radius 3 is 2.33 bits per heavy atom. The normalized spacial score (nSPS) is 16.4. The Kier molecular flexibility index (Phi) is 7.20. The fraction of sp³-hybridized carbons (Fsp3) is 0.296. The molecule has 1 spiro atoms. The Balaban J connectivity index is 1.42. The number of aryl methyl sites for hydroxylation is 1. The number of hydrogen-bond acceptors (Lipinski definition) is 5. The predicted molar refractivity (Wildman–Crippen MR) is 141 cm³/mol. The molecule has 1 saturated heterocycles. The van der Waals surface area contributed by atoms with Gasteiger partial charge in [-0.05, 0) is 61.8 Å². The third-order valence-electron chi connectivity index (χ3n) is 7.36. The first-order chi connectivity index (χ1) is 20.1. The van der Waals surface area contributed by atoms with Gasteiger partial charge in [0, 0.05) is 31.0 Å². The molecule has 5 rings (SSSR count). The molecule has 2 heterocycles. The fourth-order valence-corrected chi connectivity index (χ4v) is 5.63. The number of aromatic nitrogens is 2. The summed E-state index contributed by atoms with van der Waals surface area (Å²) >= 11 is 5.52. The maximum Gasteiger partial charge on any atom is 0.435 e. The monoisotopic (exact) mass is 624 g/mol. The van der Waals surface area contributed by atoms with Crippen molar-refractivity contribution < 1.29 is 40.3 Å². The summed E-state index contributed by atoms with van der Waals surface area (Å²) in [6.07, 6.45) is -7.70. The largest absolute Gasteiger partial charge is 0.435 e. The molecule has 0 unspecified atom stereocenters. The van der Waals surface area contributed by atoms with E-state index in [4.69, 9.17) is 17.5 Å². The Hall–Kier alpha value is -4.52. The number of amides is 2. The lowest BCUT2D eigenvalue weighted by Crippen LogP contribution is -2.55. The summed E-state index contributed by atoms with van der Waals surface area (Å²) < 4.78 is 96.6. The van der Waals surface area contributed by atoms with Crippen LogP contribution in [0.1, 0.15) is 52.0 Å². The first-order valence-electron chi connectivity index (χ1n) is 12.6. The van der Waals surface area contributed by atoms with Crippen LogP contribution in [-0.2, 0) is 30.7 Å². The molecule has 1 aliphatic heterocycles. The van der Waals surface area contributed by atoms with Gasteiger partial charge in [0.15, 0.2) is 10.8 Å². The van der Waals surface area contributed by atoms with Crippen LogP contribution in [-0.4, -0.2) is 32.2 Å². The van der Waals surface area contributed by atoms with Crippen molar-refractivity contribution in [1.82, 2.24) is 15.1 Å². The van der Waals surface area contributed by atoms with Gasteiger partial charge in [-0.25, -0.2) is 4.39 Å². The number of anilines is 2. The van der Waals surface area contributed by atoms with Crippen LogP contribution in [0.5, 0.6) is 0 Å². The van der Waals surface area contributed by atoms with Crippen molar-refractivity contribution >= 4 is 40.5 Å². The molecule has 1 saturated carbocycles. The maximum absolute atomic E-state index is 15.2. The van der Waals surface area contributed by atoms with Crippen molar-refractivity contribution in [1.29, 1.82) is 5.26 Å². The third-order valence-corrected chi connectivity index (χ3v) is 7.72. The molecule has 8 nitrogen and oxygen atoms in total. The first kappa shape index (κ1) is 30.0. The summed E-state index contributed by atoms with van der Waals surface area (Å²) in [5, 5.41) is 14.4. The molecular formula is C27H19F7N6O2S. The van der Waals surface area contributed by atoms with E-state index in [0.29, 0.717) is 12.5 Å². The molecule has 1 aromatic heterocycles. The van der Waals surface area contributed by atoms with E-state index in [1.54, 1.807) is 0 Å². The highest BCUT2D eigenvalue weighted by molar-refractivity contribution is 7.81. The molecule has 2 aromatic carbocycles. The van der Waals surface area contributed by atoms with Crippen LogP contribution in [0.3, 0.4) is 0 Å². The Bertz CT molecular complexity index is 1700. The van der Waals surface area contributed by atoms with Gasteiger partial charge in [-0.1, -0.05) is 6.07 Å². The average molecular weight is 625 g/mol. The van der Waals surface area contributed by atoms with Crippen LogP contribution < -0.4 is 15.1 Å². The number of carbonyl (C=O) groups is 2. The molecule has 224 valence electrons. The van der Waals surface area contributed by atoms with Gasteiger partial charge < -0.3 is 10.2 Å². The van der Waals surface area contributed by atoms with Crippen LogP contribution >= 0.6 is 12.2 Å². The molecule has 2 fully saturated rings. The number of nitriles is 1.